The molecule has 1 N–H and O–H groups in total. The molecule has 3 aromatic carbocycles. The number of hydrogen-bond acceptors (Lipinski definition) is 3. The van der Waals surface area contributed by atoms with Gasteiger partial charge in [-0.3, -0.25) is 9.59 Å². The second-order valence-electron chi connectivity index (χ2n) is 7.02. The van der Waals surface area contributed by atoms with E-state index in [9.17, 15) is 14.0 Å². The monoisotopic (exact) mass is 474 g/mol. The average Bonchev–Trinajstić information content (AvgIpc) is 3.12. The van der Waals surface area contributed by atoms with Crippen molar-refractivity contribution in [3.63, 3.8) is 0 Å². The van der Waals surface area contributed by atoms with Crippen LogP contribution in [0.3, 0.4) is 0 Å². The third-order valence-electron chi connectivity index (χ3n) is 4.87. The third kappa shape index (κ3) is 5.03. The molecule has 0 bridgehead atoms. The molecule has 4 rings (SSSR count). The molecule has 0 radical (unpaired) electrons. The minimum Gasteiger partial charge on any atom is -0.322 e. The Balaban J connectivity index is 1.47. The predicted octanol–water partition coefficient (Wildman–Crippen LogP) is 6.16. The molecule has 1 aliphatic rings. The van der Waals surface area contributed by atoms with E-state index < -0.39 is 5.82 Å². The largest absolute Gasteiger partial charge is 0.322 e. The van der Waals surface area contributed by atoms with Crippen molar-refractivity contribution >= 4 is 52.5 Å². The van der Waals surface area contributed by atoms with E-state index in [1.807, 2.05) is 29.2 Å². The van der Waals surface area contributed by atoms with E-state index in [0.29, 0.717) is 28.6 Å². The average molecular weight is 475 g/mol. The molecule has 31 heavy (non-hydrogen) atoms. The normalized spacial score (nSPS) is 15.9. The quantitative estimate of drug-likeness (QED) is 0.481. The molecule has 8 heteroatoms. The van der Waals surface area contributed by atoms with Gasteiger partial charge in [0, 0.05) is 22.8 Å². The first-order valence-electron chi connectivity index (χ1n) is 9.42. The highest BCUT2D eigenvalue weighted by Crippen LogP contribution is 2.39. The zero-order chi connectivity index (χ0) is 22.0. The maximum Gasteiger partial charge on any atom is 0.255 e. The summed E-state index contributed by atoms with van der Waals surface area (Å²) in [7, 11) is 0. The lowest BCUT2D eigenvalue weighted by Gasteiger charge is -2.24. The van der Waals surface area contributed by atoms with Gasteiger partial charge in [-0.15, -0.1) is 11.8 Å². The number of halogens is 3. The number of carbonyl (C=O) groups excluding carboxylic acids is 2. The van der Waals surface area contributed by atoms with Crippen molar-refractivity contribution in [1.29, 1.82) is 0 Å². The molecule has 0 aliphatic carbocycles. The number of nitrogens with zero attached hydrogens (tertiary/aromatic N) is 1. The Kier molecular flexibility index (Phi) is 6.51. The molecule has 2 amide bonds. The van der Waals surface area contributed by atoms with E-state index in [4.69, 9.17) is 23.2 Å². The van der Waals surface area contributed by atoms with Gasteiger partial charge in [0.25, 0.3) is 5.91 Å². The SMILES string of the molecule is O=C(Nc1ccc(F)c(Cl)c1)c1ccc([C@H]2SCC(=O)N2Cc2ccc(Cl)cc2)cc1. The van der Waals surface area contributed by atoms with Gasteiger partial charge in [-0.05, 0) is 53.6 Å². The molecule has 4 nitrogen and oxygen atoms in total. The molecule has 1 aliphatic heterocycles. The molecule has 1 heterocycles. The van der Waals surface area contributed by atoms with Crippen molar-refractivity contribution in [3.05, 3.63) is 99.3 Å². The Morgan fingerprint density at radius 1 is 1.06 bits per heavy atom. The van der Waals surface area contributed by atoms with Crippen LogP contribution in [-0.4, -0.2) is 22.5 Å². The van der Waals surface area contributed by atoms with E-state index in [2.05, 4.69) is 5.32 Å². The van der Waals surface area contributed by atoms with Crippen molar-refractivity contribution < 1.29 is 14.0 Å². The summed E-state index contributed by atoms with van der Waals surface area (Å²) < 4.78 is 13.3. The van der Waals surface area contributed by atoms with E-state index in [0.717, 1.165) is 11.1 Å². The Morgan fingerprint density at radius 3 is 2.45 bits per heavy atom. The highest BCUT2D eigenvalue weighted by atomic mass is 35.5. The molecule has 0 spiro atoms. The van der Waals surface area contributed by atoms with Crippen LogP contribution in [0.15, 0.2) is 66.7 Å². The first-order valence-corrected chi connectivity index (χ1v) is 11.2. The maximum atomic E-state index is 13.3. The lowest BCUT2D eigenvalue weighted by molar-refractivity contribution is -0.128. The summed E-state index contributed by atoms with van der Waals surface area (Å²) in [6, 6.07) is 18.5. The summed E-state index contributed by atoms with van der Waals surface area (Å²) in [6.07, 6.45) is 0. The maximum absolute atomic E-state index is 13.3. The first-order chi connectivity index (χ1) is 14.9. The third-order valence-corrected chi connectivity index (χ3v) is 6.67. The lowest BCUT2D eigenvalue weighted by Crippen LogP contribution is -2.27. The number of thioether (sulfide) groups is 1. The van der Waals surface area contributed by atoms with Gasteiger partial charge in [0.05, 0.1) is 10.8 Å². The van der Waals surface area contributed by atoms with Gasteiger partial charge in [-0.25, -0.2) is 4.39 Å². The van der Waals surface area contributed by atoms with Crippen molar-refractivity contribution in [1.82, 2.24) is 4.90 Å². The van der Waals surface area contributed by atoms with E-state index in [-0.39, 0.29) is 22.2 Å². The van der Waals surface area contributed by atoms with Crippen molar-refractivity contribution in [2.75, 3.05) is 11.1 Å². The number of benzene rings is 3. The zero-order valence-corrected chi connectivity index (χ0v) is 18.5. The number of amides is 2. The second kappa shape index (κ2) is 9.30. The first kappa shape index (κ1) is 21.7. The summed E-state index contributed by atoms with van der Waals surface area (Å²) in [6.45, 7) is 0.487. The van der Waals surface area contributed by atoms with Crippen molar-refractivity contribution in [3.8, 4) is 0 Å². The molecule has 1 fully saturated rings. The van der Waals surface area contributed by atoms with Crippen LogP contribution in [0, 0.1) is 5.82 Å². The van der Waals surface area contributed by atoms with Crippen LogP contribution in [0.5, 0.6) is 0 Å². The van der Waals surface area contributed by atoms with Gasteiger partial charge >= 0.3 is 0 Å². The summed E-state index contributed by atoms with van der Waals surface area (Å²) in [5.74, 6) is -0.399. The fourth-order valence-corrected chi connectivity index (χ4v) is 4.76. The number of hydrogen-bond donors (Lipinski definition) is 1. The van der Waals surface area contributed by atoms with Gasteiger partial charge in [0.15, 0.2) is 0 Å². The van der Waals surface area contributed by atoms with E-state index in [1.54, 1.807) is 36.0 Å². The van der Waals surface area contributed by atoms with Crippen LogP contribution in [0.1, 0.15) is 26.9 Å². The second-order valence-corrected chi connectivity index (χ2v) is 8.93. The van der Waals surface area contributed by atoms with Crippen LogP contribution in [0.4, 0.5) is 10.1 Å². The Hall–Kier alpha value is -2.54. The highest BCUT2D eigenvalue weighted by Gasteiger charge is 2.32. The fourth-order valence-electron chi connectivity index (χ4n) is 3.26. The Morgan fingerprint density at radius 2 is 1.77 bits per heavy atom. The van der Waals surface area contributed by atoms with Crippen LogP contribution >= 0.6 is 35.0 Å². The Labute approximate surface area is 193 Å². The Bertz CT molecular complexity index is 1120. The summed E-state index contributed by atoms with van der Waals surface area (Å²) in [5.41, 5.74) is 2.79. The number of anilines is 1. The van der Waals surface area contributed by atoms with Crippen LogP contribution in [-0.2, 0) is 11.3 Å². The molecule has 0 aromatic heterocycles. The summed E-state index contributed by atoms with van der Waals surface area (Å²) in [4.78, 5) is 26.8. The summed E-state index contributed by atoms with van der Waals surface area (Å²) in [5, 5.41) is 3.16. The molecule has 158 valence electrons. The molecule has 1 atom stereocenters. The predicted molar refractivity (Wildman–Crippen MR) is 123 cm³/mol. The lowest BCUT2D eigenvalue weighted by atomic mass is 10.1. The number of carbonyl (C=O) groups is 2. The fraction of sp³-hybridized carbons (Fsp3) is 0.130. The minimum atomic E-state index is -0.546. The zero-order valence-electron chi connectivity index (χ0n) is 16.1. The van der Waals surface area contributed by atoms with Crippen LogP contribution < -0.4 is 5.32 Å². The van der Waals surface area contributed by atoms with Crippen molar-refractivity contribution in [2.24, 2.45) is 0 Å². The molecular formula is C23H17Cl2FN2O2S. The van der Waals surface area contributed by atoms with Crippen molar-refractivity contribution in [2.45, 2.75) is 11.9 Å². The van der Waals surface area contributed by atoms with Gasteiger partial charge < -0.3 is 10.2 Å². The van der Waals surface area contributed by atoms with Gasteiger partial charge in [0.1, 0.15) is 11.2 Å². The van der Waals surface area contributed by atoms with E-state index in [1.165, 1.54) is 18.2 Å². The summed E-state index contributed by atoms with van der Waals surface area (Å²) >= 11 is 13.3. The van der Waals surface area contributed by atoms with Gasteiger partial charge in [-0.1, -0.05) is 47.5 Å². The molecular weight excluding hydrogens is 458 g/mol. The van der Waals surface area contributed by atoms with Crippen LogP contribution in [0.2, 0.25) is 10.0 Å². The van der Waals surface area contributed by atoms with Crippen LogP contribution in [0.25, 0.3) is 0 Å². The molecule has 0 unspecified atom stereocenters. The molecule has 0 saturated carbocycles. The number of nitrogens with one attached hydrogen (secondary N) is 1. The topological polar surface area (TPSA) is 49.4 Å². The smallest absolute Gasteiger partial charge is 0.255 e. The standard InChI is InChI=1S/C23H17Cl2FN2O2S/c24-17-7-1-14(2-8-17)12-28-21(29)13-31-23(28)16-5-3-15(4-6-16)22(30)27-18-9-10-20(26)19(25)11-18/h1-11,23H,12-13H2,(H,27,30)/t23-/m1/s1. The number of rotatable bonds is 5. The van der Waals surface area contributed by atoms with Gasteiger partial charge in [-0.2, -0.15) is 0 Å². The minimum absolute atomic E-state index is 0.0585. The van der Waals surface area contributed by atoms with Gasteiger partial charge in [0.2, 0.25) is 5.91 Å². The molecule has 1 saturated heterocycles. The van der Waals surface area contributed by atoms with E-state index >= 15 is 0 Å². The molecule has 3 aromatic rings. The highest BCUT2D eigenvalue weighted by molar-refractivity contribution is 8.00.